The van der Waals surface area contributed by atoms with Crippen molar-refractivity contribution >= 4 is 0 Å². The van der Waals surface area contributed by atoms with Crippen LogP contribution in [0.25, 0.3) is 0 Å². The summed E-state index contributed by atoms with van der Waals surface area (Å²) in [6.07, 6.45) is 4.49. The van der Waals surface area contributed by atoms with Crippen LogP contribution in [0, 0.1) is 17.5 Å². The van der Waals surface area contributed by atoms with Gasteiger partial charge >= 0.3 is 0 Å². The summed E-state index contributed by atoms with van der Waals surface area (Å²) >= 11 is 0. The van der Waals surface area contributed by atoms with Gasteiger partial charge in [-0.15, -0.1) is 0 Å². The van der Waals surface area contributed by atoms with Crippen LogP contribution in [0.5, 0.6) is 0 Å². The summed E-state index contributed by atoms with van der Waals surface area (Å²) in [5.41, 5.74) is 0.482. The standard InChI is InChI=1S/C13H16F3N/c1-13(4-2-3-5-13)17-8-9-6-10(14)12(16)11(15)7-9/h6-7,17H,2-5,8H2,1H3. The van der Waals surface area contributed by atoms with Crippen LogP contribution in [0.2, 0.25) is 0 Å². The van der Waals surface area contributed by atoms with Crippen molar-refractivity contribution < 1.29 is 13.2 Å². The van der Waals surface area contributed by atoms with Crippen LogP contribution in [0.3, 0.4) is 0 Å². The third kappa shape index (κ3) is 2.80. The number of halogens is 3. The fourth-order valence-corrected chi connectivity index (χ4v) is 2.36. The van der Waals surface area contributed by atoms with E-state index in [2.05, 4.69) is 12.2 Å². The minimum absolute atomic E-state index is 0.0430. The van der Waals surface area contributed by atoms with E-state index in [0.717, 1.165) is 25.0 Å². The highest BCUT2D eigenvalue weighted by atomic mass is 19.2. The average Bonchev–Trinajstić information content (AvgIpc) is 2.71. The van der Waals surface area contributed by atoms with Gasteiger partial charge < -0.3 is 5.32 Å². The molecule has 1 aliphatic carbocycles. The van der Waals surface area contributed by atoms with Crippen LogP contribution >= 0.6 is 0 Å². The van der Waals surface area contributed by atoms with Crippen LogP contribution in [0.15, 0.2) is 12.1 Å². The molecule has 94 valence electrons. The second kappa shape index (κ2) is 4.69. The van der Waals surface area contributed by atoms with Crippen LogP contribution < -0.4 is 5.32 Å². The van der Waals surface area contributed by atoms with Crippen molar-refractivity contribution in [2.45, 2.75) is 44.7 Å². The first-order valence-electron chi connectivity index (χ1n) is 5.89. The summed E-state index contributed by atoms with van der Waals surface area (Å²) in [5.74, 6) is -3.66. The molecule has 0 unspecified atom stereocenters. The lowest BCUT2D eigenvalue weighted by molar-refractivity contribution is 0.361. The normalized spacial score (nSPS) is 18.6. The van der Waals surface area contributed by atoms with Crippen molar-refractivity contribution in [1.29, 1.82) is 0 Å². The van der Waals surface area contributed by atoms with Gasteiger partial charge in [0.25, 0.3) is 0 Å². The SMILES string of the molecule is CC1(NCc2cc(F)c(F)c(F)c2)CCCC1. The molecule has 0 spiro atoms. The first kappa shape index (κ1) is 12.4. The zero-order chi connectivity index (χ0) is 12.5. The monoisotopic (exact) mass is 243 g/mol. The van der Waals surface area contributed by atoms with Gasteiger partial charge in [0.05, 0.1) is 0 Å². The topological polar surface area (TPSA) is 12.0 Å². The van der Waals surface area contributed by atoms with E-state index in [-0.39, 0.29) is 5.54 Å². The quantitative estimate of drug-likeness (QED) is 0.801. The summed E-state index contributed by atoms with van der Waals surface area (Å²) in [5, 5.41) is 3.29. The van der Waals surface area contributed by atoms with Gasteiger partial charge in [-0.3, -0.25) is 0 Å². The molecule has 0 radical (unpaired) electrons. The largest absolute Gasteiger partial charge is 0.307 e. The minimum Gasteiger partial charge on any atom is -0.307 e. The number of nitrogens with one attached hydrogen (secondary N) is 1. The summed E-state index contributed by atoms with van der Waals surface area (Å²) in [6.45, 7) is 2.47. The van der Waals surface area contributed by atoms with E-state index < -0.39 is 17.5 Å². The molecule has 2 rings (SSSR count). The van der Waals surface area contributed by atoms with E-state index in [1.165, 1.54) is 12.8 Å². The number of hydrogen-bond donors (Lipinski definition) is 1. The molecule has 17 heavy (non-hydrogen) atoms. The lowest BCUT2D eigenvalue weighted by Crippen LogP contribution is -2.38. The number of rotatable bonds is 3. The molecular formula is C13H16F3N. The minimum atomic E-state index is -1.40. The Kier molecular flexibility index (Phi) is 3.43. The van der Waals surface area contributed by atoms with E-state index in [1.54, 1.807) is 0 Å². The van der Waals surface area contributed by atoms with E-state index in [9.17, 15) is 13.2 Å². The summed E-state index contributed by atoms with van der Waals surface area (Å²) in [6, 6.07) is 2.09. The molecule has 1 nitrogen and oxygen atoms in total. The fraction of sp³-hybridized carbons (Fsp3) is 0.538. The molecule has 1 aliphatic rings. The first-order valence-corrected chi connectivity index (χ1v) is 5.89. The molecule has 0 aromatic heterocycles. The Hall–Kier alpha value is -1.03. The smallest absolute Gasteiger partial charge is 0.194 e. The highest BCUT2D eigenvalue weighted by molar-refractivity contribution is 5.19. The third-order valence-electron chi connectivity index (χ3n) is 3.47. The van der Waals surface area contributed by atoms with E-state index in [0.29, 0.717) is 12.1 Å². The van der Waals surface area contributed by atoms with Crippen molar-refractivity contribution in [3.63, 3.8) is 0 Å². The zero-order valence-electron chi connectivity index (χ0n) is 9.82. The van der Waals surface area contributed by atoms with E-state index in [4.69, 9.17) is 0 Å². The Balaban J connectivity index is 2.04. The van der Waals surface area contributed by atoms with Gasteiger partial charge in [0, 0.05) is 12.1 Å². The predicted molar refractivity (Wildman–Crippen MR) is 60.0 cm³/mol. The molecule has 1 N–H and O–H groups in total. The second-order valence-corrected chi connectivity index (χ2v) is 4.99. The second-order valence-electron chi connectivity index (χ2n) is 4.99. The van der Waals surface area contributed by atoms with Crippen molar-refractivity contribution in [2.75, 3.05) is 0 Å². The third-order valence-corrected chi connectivity index (χ3v) is 3.47. The molecule has 0 saturated heterocycles. The van der Waals surface area contributed by atoms with Gasteiger partial charge in [0.2, 0.25) is 0 Å². The Bertz CT molecular complexity index is 388. The maximum absolute atomic E-state index is 13.0. The first-order chi connectivity index (χ1) is 8.00. The zero-order valence-corrected chi connectivity index (χ0v) is 9.82. The molecule has 1 fully saturated rings. The molecule has 1 saturated carbocycles. The van der Waals surface area contributed by atoms with Crippen molar-refractivity contribution in [2.24, 2.45) is 0 Å². The molecule has 1 aromatic rings. The van der Waals surface area contributed by atoms with Gasteiger partial charge in [-0.05, 0) is 37.5 Å². The molecule has 4 heteroatoms. The fourth-order valence-electron chi connectivity index (χ4n) is 2.36. The molecule has 0 bridgehead atoms. The van der Waals surface area contributed by atoms with Crippen LogP contribution in [-0.2, 0) is 6.54 Å². The highest BCUT2D eigenvalue weighted by Gasteiger charge is 2.27. The summed E-state index contributed by atoms with van der Waals surface area (Å²) in [4.78, 5) is 0. The maximum atomic E-state index is 13.0. The van der Waals surface area contributed by atoms with Gasteiger partial charge in [0.1, 0.15) is 0 Å². The Labute approximate surface area is 99.0 Å². The molecular weight excluding hydrogens is 227 g/mol. The lowest BCUT2D eigenvalue weighted by Gasteiger charge is -2.25. The van der Waals surface area contributed by atoms with E-state index >= 15 is 0 Å². The average molecular weight is 243 g/mol. The van der Waals surface area contributed by atoms with Crippen molar-refractivity contribution in [1.82, 2.24) is 5.32 Å². The van der Waals surface area contributed by atoms with Gasteiger partial charge in [0.15, 0.2) is 17.5 Å². The number of hydrogen-bond acceptors (Lipinski definition) is 1. The lowest BCUT2D eigenvalue weighted by atomic mass is 10.0. The molecule has 0 heterocycles. The highest BCUT2D eigenvalue weighted by Crippen LogP contribution is 2.29. The Morgan fingerprint density at radius 1 is 1.12 bits per heavy atom. The number of benzene rings is 1. The van der Waals surface area contributed by atoms with Crippen molar-refractivity contribution in [3.05, 3.63) is 35.1 Å². The Morgan fingerprint density at radius 3 is 2.18 bits per heavy atom. The van der Waals surface area contributed by atoms with Gasteiger partial charge in [-0.2, -0.15) is 0 Å². The summed E-state index contributed by atoms with van der Waals surface area (Å²) in [7, 11) is 0. The van der Waals surface area contributed by atoms with Crippen LogP contribution in [0.4, 0.5) is 13.2 Å². The van der Waals surface area contributed by atoms with Crippen molar-refractivity contribution in [3.8, 4) is 0 Å². The molecule has 0 atom stereocenters. The molecule has 0 aliphatic heterocycles. The van der Waals surface area contributed by atoms with E-state index in [1.807, 2.05) is 0 Å². The van der Waals surface area contributed by atoms with Crippen LogP contribution in [0.1, 0.15) is 38.2 Å². The van der Waals surface area contributed by atoms with Gasteiger partial charge in [-0.1, -0.05) is 12.8 Å². The predicted octanol–water partition coefficient (Wildman–Crippen LogP) is 3.53. The summed E-state index contributed by atoms with van der Waals surface area (Å²) < 4.78 is 38.7. The maximum Gasteiger partial charge on any atom is 0.194 e. The van der Waals surface area contributed by atoms with Gasteiger partial charge in [-0.25, -0.2) is 13.2 Å². The Morgan fingerprint density at radius 2 is 1.65 bits per heavy atom. The van der Waals surface area contributed by atoms with Crippen LogP contribution in [-0.4, -0.2) is 5.54 Å². The molecule has 1 aromatic carbocycles. The molecule has 0 amide bonds.